The molecule has 0 aliphatic heterocycles. The summed E-state index contributed by atoms with van der Waals surface area (Å²) in [5.41, 5.74) is 6.17. The number of nitrogens with two attached hydrogens (primary N) is 1. The third-order valence-electron chi connectivity index (χ3n) is 2.48. The molecular weight excluding hydrogens is 342 g/mol. The lowest BCUT2D eigenvalue weighted by molar-refractivity contribution is -0.108. The molecule has 0 fully saturated rings. The van der Waals surface area contributed by atoms with Crippen LogP contribution < -0.4 is 5.73 Å². The van der Waals surface area contributed by atoms with E-state index < -0.39 is 5.12 Å². The Hall–Kier alpha value is -2.17. The van der Waals surface area contributed by atoms with Crippen molar-refractivity contribution >= 4 is 67.2 Å². The SMILES string of the molecule is Nc1nc(C(=NC=O)C(=O)Sc2nc3ccccc3s2)ns1. The second-order valence-electron chi connectivity index (χ2n) is 3.88. The van der Waals surface area contributed by atoms with Crippen LogP contribution in [0.1, 0.15) is 5.82 Å². The standard InChI is InChI=1S/C12H7N5O2S3/c13-11-16-9(17-22-11)8(14-5-18)10(19)21-12-15-6-3-1-2-4-7(6)20-12/h1-5H,(H2,13,16,17). The maximum Gasteiger partial charge on any atom is 0.248 e. The van der Waals surface area contributed by atoms with Crippen molar-refractivity contribution in [1.82, 2.24) is 14.3 Å². The molecule has 0 unspecified atom stereocenters. The molecule has 0 saturated heterocycles. The van der Waals surface area contributed by atoms with E-state index in [1.807, 2.05) is 24.3 Å². The highest BCUT2D eigenvalue weighted by Gasteiger charge is 2.21. The van der Waals surface area contributed by atoms with E-state index in [0.29, 0.717) is 4.34 Å². The molecule has 0 spiro atoms. The van der Waals surface area contributed by atoms with Crippen LogP contribution in [-0.4, -0.2) is 31.6 Å². The highest BCUT2D eigenvalue weighted by molar-refractivity contribution is 8.16. The summed E-state index contributed by atoms with van der Waals surface area (Å²) in [7, 11) is 0. The van der Waals surface area contributed by atoms with Crippen molar-refractivity contribution in [2.45, 2.75) is 4.34 Å². The zero-order valence-electron chi connectivity index (χ0n) is 10.8. The highest BCUT2D eigenvalue weighted by atomic mass is 32.2. The Bertz CT molecular complexity index is 853. The molecule has 0 bridgehead atoms. The molecular formula is C12H7N5O2S3. The molecule has 1 aromatic carbocycles. The summed E-state index contributed by atoms with van der Waals surface area (Å²) in [6.07, 6.45) is 0.281. The fourth-order valence-corrected chi connectivity index (χ4v) is 3.95. The van der Waals surface area contributed by atoms with Crippen molar-refractivity contribution in [2.24, 2.45) is 4.99 Å². The van der Waals surface area contributed by atoms with Gasteiger partial charge in [-0.05, 0) is 23.9 Å². The molecule has 0 aliphatic rings. The van der Waals surface area contributed by atoms with Crippen molar-refractivity contribution in [3.8, 4) is 0 Å². The van der Waals surface area contributed by atoms with E-state index in [1.165, 1.54) is 11.3 Å². The number of para-hydroxylation sites is 1. The average Bonchev–Trinajstić information content (AvgIpc) is 3.10. The van der Waals surface area contributed by atoms with Crippen molar-refractivity contribution in [3.63, 3.8) is 0 Å². The topological polar surface area (TPSA) is 111 Å². The van der Waals surface area contributed by atoms with Gasteiger partial charge < -0.3 is 5.73 Å². The number of fused-ring (bicyclic) bond motifs is 1. The first kappa shape index (κ1) is 14.8. The van der Waals surface area contributed by atoms with Gasteiger partial charge in [0.25, 0.3) is 0 Å². The number of aliphatic imine (C=N–C) groups is 1. The van der Waals surface area contributed by atoms with Crippen LogP contribution >= 0.6 is 34.6 Å². The van der Waals surface area contributed by atoms with Gasteiger partial charge in [-0.3, -0.25) is 9.59 Å². The average molecular weight is 349 g/mol. The van der Waals surface area contributed by atoms with Gasteiger partial charge in [-0.2, -0.15) is 9.36 Å². The van der Waals surface area contributed by atoms with E-state index in [0.717, 1.165) is 33.5 Å². The lowest BCUT2D eigenvalue weighted by Crippen LogP contribution is -2.14. The minimum atomic E-state index is -0.455. The molecule has 2 aromatic heterocycles. The molecule has 0 aliphatic carbocycles. The first-order valence-electron chi connectivity index (χ1n) is 5.86. The summed E-state index contributed by atoms with van der Waals surface area (Å²) in [6, 6.07) is 7.56. The van der Waals surface area contributed by atoms with Crippen LogP contribution in [0.3, 0.4) is 0 Å². The molecule has 10 heteroatoms. The minimum Gasteiger partial charge on any atom is -0.374 e. The van der Waals surface area contributed by atoms with Gasteiger partial charge in [-0.15, -0.1) is 11.3 Å². The number of benzene rings is 1. The Balaban J connectivity index is 1.88. The van der Waals surface area contributed by atoms with Gasteiger partial charge >= 0.3 is 0 Å². The van der Waals surface area contributed by atoms with Gasteiger partial charge in [0.15, 0.2) is 21.0 Å². The Morgan fingerprint density at radius 2 is 2.14 bits per heavy atom. The summed E-state index contributed by atoms with van der Waals surface area (Å²) >= 11 is 3.20. The number of thioether (sulfide) groups is 1. The second kappa shape index (κ2) is 6.30. The smallest absolute Gasteiger partial charge is 0.248 e. The molecule has 7 nitrogen and oxygen atoms in total. The highest BCUT2D eigenvalue weighted by Crippen LogP contribution is 2.30. The molecule has 0 radical (unpaired) electrons. The summed E-state index contributed by atoms with van der Waals surface area (Å²) in [6.45, 7) is 0. The summed E-state index contributed by atoms with van der Waals surface area (Å²) < 4.78 is 5.44. The zero-order valence-corrected chi connectivity index (χ0v) is 13.2. The number of nitrogen functional groups attached to an aromatic ring is 1. The van der Waals surface area contributed by atoms with Crippen molar-refractivity contribution in [2.75, 3.05) is 5.73 Å². The van der Waals surface area contributed by atoms with E-state index in [2.05, 4.69) is 19.3 Å². The lowest BCUT2D eigenvalue weighted by atomic mass is 10.3. The van der Waals surface area contributed by atoms with Crippen LogP contribution in [0.4, 0.5) is 5.13 Å². The van der Waals surface area contributed by atoms with E-state index in [9.17, 15) is 9.59 Å². The second-order valence-corrected chi connectivity index (χ2v) is 6.91. The molecule has 2 N–H and O–H groups in total. The number of carbonyl (C=O) groups is 2. The van der Waals surface area contributed by atoms with Gasteiger partial charge in [-0.25, -0.2) is 9.98 Å². The molecule has 110 valence electrons. The van der Waals surface area contributed by atoms with E-state index in [4.69, 9.17) is 5.73 Å². The first-order valence-corrected chi connectivity index (χ1v) is 8.27. The number of hydrogen-bond acceptors (Lipinski definition) is 9. The molecule has 2 heterocycles. The van der Waals surface area contributed by atoms with Crippen molar-refractivity contribution in [1.29, 1.82) is 0 Å². The maximum atomic E-state index is 12.3. The van der Waals surface area contributed by atoms with Gasteiger partial charge in [0.05, 0.1) is 10.2 Å². The van der Waals surface area contributed by atoms with Crippen molar-refractivity contribution < 1.29 is 9.59 Å². The van der Waals surface area contributed by atoms with Crippen LogP contribution in [0.25, 0.3) is 10.2 Å². The van der Waals surface area contributed by atoms with Crippen LogP contribution in [-0.2, 0) is 9.59 Å². The predicted molar refractivity (Wildman–Crippen MR) is 87.4 cm³/mol. The number of carbonyl (C=O) groups excluding carboxylic acids is 2. The Labute approximate surface area is 136 Å². The number of thiazole rings is 1. The summed E-state index contributed by atoms with van der Waals surface area (Å²) in [5, 5.41) is -0.254. The van der Waals surface area contributed by atoms with Crippen LogP contribution in [0, 0.1) is 0 Å². The number of amides is 1. The van der Waals surface area contributed by atoms with Crippen LogP contribution in [0.2, 0.25) is 0 Å². The molecule has 0 atom stereocenters. The van der Waals surface area contributed by atoms with Crippen molar-refractivity contribution in [3.05, 3.63) is 30.1 Å². The fraction of sp³-hybridized carbons (Fsp3) is 0. The maximum absolute atomic E-state index is 12.3. The number of rotatable bonds is 4. The third kappa shape index (κ3) is 3.03. The minimum absolute atomic E-state index is 0.0493. The Kier molecular flexibility index (Phi) is 4.22. The number of anilines is 1. The zero-order chi connectivity index (χ0) is 15.5. The van der Waals surface area contributed by atoms with Gasteiger partial charge in [-0.1, -0.05) is 12.1 Å². The lowest BCUT2D eigenvalue weighted by Gasteiger charge is -1.97. The van der Waals surface area contributed by atoms with Gasteiger partial charge in [0, 0.05) is 11.5 Å². The van der Waals surface area contributed by atoms with Crippen LogP contribution in [0.15, 0.2) is 33.6 Å². The number of nitrogens with zero attached hydrogens (tertiary/aromatic N) is 4. The largest absolute Gasteiger partial charge is 0.374 e. The summed E-state index contributed by atoms with van der Waals surface area (Å²) in [4.78, 5) is 34.7. The van der Waals surface area contributed by atoms with Gasteiger partial charge in [0.2, 0.25) is 11.5 Å². The Morgan fingerprint density at radius 3 is 2.82 bits per heavy atom. The Morgan fingerprint density at radius 1 is 1.32 bits per heavy atom. The van der Waals surface area contributed by atoms with E-state index in [-0.39, 0.29) is 23.1 Å². The monoisotopic (exact) mass is 349 g/mol. The molecule has 3 rings (SSSR count). The summed E-state index contributed by atoms with van der Waals surface area (Å²) in [5.74, 6) is 0.0493. The quantitative estimate of drug-likeness (QED) is 0.435. The molecule has 1 amide bonds. The molecule has 22 heavy (non-hydrogen) atoms. The first-order chi connectivity index (χ1) is 10.7. The van der Waals surface area contributed by atoms with Gasteiger partial charge in [0.1, 0.15) is 0 Å². The predicted octanol–water partition coefficient (Wildman–Crippen LogP) is 1.99. The number of hydrogen-bond donors (Lipinski definition) is 1. The third-order valence-corrected chi connectivity index (χ3v) is 5.00. The van der Waals surface area contributed by atoms with Crippen LogP contribution in [0.5, 0.6) is 0 Å². The molecule has 3 aromatic rings. The van der Waals surface area contributed by atoms with E-state index in [1.54, 1.807) is 0 Å². The normalized spacial score (nSPS) is 11.7. The number of aromatic nitrogens is 3. The van der Waals surface area contributed by atoms with E-state index >= 15 is 0 Å². The molecule has 0 saturated carbocycles. The fourth-order valence-electron chi connectivity index (χ4n) is 1.61.